The maximum absolute atomic E-state index is 5.95. The molecule has 1 saturated heterocycles. The van der Waals surface area contributed by atoms with E-state index in [1.54, 1.807) is 0 Å². The molecule has 1 fully saturated rings. The first kappa shape index (κ1) is 13.5. The third-order valence-corrected chi connectivity index (χ3v) is 4.66. The van der Waals surface area contributed by atoms with Crippen molar-refractivity contribution in [1.29, 1.82) is 0 Å². The molecular weight excluding hydrogens is 268 g/mol. The summed E-state index contributed by atoms with van der Waals surface area (Å²) in [7, 11) is 0. The van der Waals surface area contributed by atoms with Gasteiger partial charge in [0.15, 0.2) is 0 Å². The molecule has 1 aliphatic carbocycles. The van der Waals surface area contributed by atoms with Crippen molar-refractivity contribution < 1.29 is 0 Å². The zero-order chi connectivity index (χ0) is 14.9. The first-order chi connectivity index (χ1) is 10.8. The number of benzene rings is 2. The van der Waals surface area contributed by atoms with Crippen molar-refractivity contribution in [3.63, 3.8) is 0 Å². The Labute approximate surface area is 131 Å². The number of rotatable bonds is 0. The Hall–Kier alpha value is -2.16. The van der Waals surface area contributed by atoms with Crippen molar-refractivity contribution in [3.8, 4) is 0 Å². The molecule has 0 saturated carbocycles. The second kappa shape index (κ2) is 5.56. The Balaban J connectivity index is 1.96. The second-order valence-corrected chi connectivity index (χ2v) is 6.02. The lowest BCUT2D eigenvalue weighted by Crippen LogP contribution is -2.36. The largest absolute Gasteiger partial charge is 0.269 e. The van der Waals surface area contributed by atoms with Crippen LogP contribution in [0, 0.1) is 0 Å². The van der Waals surface area contributed by atoms with Crippen molar-refractivity contribution in [2.24, 2.45) is 5.84 Å². The molecule has 2 heteroatoms. The highest BCUT2D eigenvalue weighted by Crippen LogP contribution is 2.38. The van der Waals surface area contributed by atoms with Gasteiger partial charge in [-0.15, -0.1) is 0 Å². The van der Waals surface area contributed by atoms with Gasteiger partial charge >= 0.3 is 0 Å². The normalized spacial score (nSPS) is 17.9. The van der Waals surface area contributed by atoms with Crippen molar-refractivity contribution in [2.45, 2.75) is 12.8 Å². The van der Waals surface area contributed by atoms with E-state index < -0.39 is 0 Å². The maximum Gasteiger partial charge on any atom is 0.0166 e. The molecule has 0 atom stereocenters. The number of hydrogen-bond acceptors (Lipinski definition) is 2. The van der Waals surface area contributed by atoms with E-state index in [0.29, 0.717) is 0 Å². The number of hydrogen-bond donors (Lipinski definition) is 1. The summed E-state index contributed by atoms with van der Waals surface area (Å²) in [6.45, 7) is 1.88. The fourth-order valence-electron chi connectivity index (χ4n) is 3.49. The minimum absolute atomic E-state index is 0.941. The lowest BCUT2D eigenvalue weighted by atomic mass is 9.86. The van der Waals surface area contributed by atoms with Gasteiger partial charge in [0.25, 0.3) is 0 Å². The van der Waals surface area contributed by atoms with Crippen LogP contribution in [0.2, 0.25) is 0 Å². The molecule has 2 N–H and O–H groups in total. The number of nitrogens with zero attached hydrogens (tertiary/aromatic N) is 1. The van der Waals surface area contributed by atoms with Gasteiger partial charge in [-0.3, -0.25) is 5.84 Å². The molecule has 0 aromatic heterocycles. The van der Waals surface area contributed by atoms with E-state index in [-0.39, 0.29) is 0 Å². The Morgan fingerprint density at radius 1 is 0.727 bits per heavy atom. The number of piperidine rings is 1. The Bertz CT molecular complexity index is 709. The molecule has 0 spiro atoms. The van der Waals surface area contributed by atoms with Gasteiger partial charge in [0, 0.05) is 13.1 Å². The summed E-state index contributed by atoms with van der Waals surface area (Å²) in [6.07, 6.45) is 6.57. The number of nitrogens with two attached hydrogens (primary N) is 1. The molecule has 110 valence electrons. The standard InChI is InChI=1S/C20H20N2/c21-22-13-11-17(12-14-22)20-18-7-3-1-5-15(18)9-10-16-6-2-4-8-19(16)20/h1-10H,11-14,21H2. The van der Waals surface area contributed by atoms with Crippen LogP contribution in [0.25, 0.3) is 17.7 Å². The summed E-state index contributed by atoms with van der Waals surface area (Å²) in [6, 6.07) is 17.4. The molecule has 2 nitrogen and oxygen atoms in total. The number of fused-ring (bicyclic) bond motifs is 2. The van der Waals surface area contributed by atoms with Crippen LogP contribution in [0.4, 0.5) is 0 Å². The topological polar surface area (TPSA) is 29.3 Å². The van der Waals surface area contributed by atoms with E-state index in [2.05, 4.69) is 60.7 Å². The van der Waals surface area contributed by atoms with Gasteiger partial charge in [-0.2, -0.15) is 0 Å². The SMILES string of the molecule is NN1CCC(=C2c3ccccc3C=Cc3ccccc32)CC1. The average Bonchev–Trinajstić information content (AvgIpc) is 2.73. The molecule has 4 rings (SSSR count). The van der Waals surface area contributed by atoms with E-state index in [1.807, 2.05) is 5.01 Å². The molecule has 1 aliphatic heterocycles. The molecule has 2 aromatic carbocycles. The van der Waals surface area contributed by atoms with Crippen molar-refractivity contribution in [3.05, 3.63) is 76.4 Å². The fourth-order valence-corrected chi connectivity index (χ4v) is 3.49. The summed E-state index contributed by atoms with van der Waals surface area (Å²) in [5.41, 5.74) is 8.26. The molecule has 2 aromatic rings. The predicted octanol–water partition coefficient (Wildman–Crippen LogP) is 3.94. The van der Waals surface area contributed by atoms with Gasteiger partial charge in [-0.25, -0.2) is 5.01 Å². The van der Waals surface area contributed by atoms with Gasteiger partial charge in [0.2, 0.25) is 0 Å². The highest BCUT2D eigenvalue weighted by Gasteiger charge is 2.21. The molecular formula is C20H20N2. The van der Waals surface area contributed by atoms with Crippen LogP contribution in [0.3, 0.4) is 0 Å². The third-order valence-electron chi connectivity index (χ3n) is 4.66. The Morgan fingerprint density at radius 3 is 1.77 bits per heavy atom. The molecule has 22 heavy (non-hydrogen) atoms. The van der Waals surface area contributed by atoms with Gasteiger partial charge in [0.05, 0.1) is 0 Å². The third kappa shape index (κ3) is 2.31. The van der Waals surface area contributed by atoms with E-state index >= 15 is 0 Å². The second-order valence-electron chi connectivity index (χ2n) is 6.02. The van der Waals surface area contributed by atoms with Crippen LogP contribution in [0.5, 0.6) is 0 Å². The molecule has 1 heterocycles. The average molecular weight is 288 g/mol. The van der Waals surface area contributed by atoms with Crippen LogP contribution < -0.4 is 5.84 Å². The summed E-state index contributed by atoms with van der Waals surface area (Å²) >= 11 is 0. The van der Waals surface area contributed by atoms with Crippen molar-refractivity contribution in [1.82, 2.24) is 5.01 Å². The zero-order valence-electron chi connectivity index (χ0n) is 12.6. The molecule has 0 unspecified atom stereocenters. The van der Waals surface area contributed by atoms with Crippen LogP contribution in [-0.4, -0.2) is 18.1 Å². The maximum atomic E-state index is 5.95. The Kier molecular flexibility index (Phi) is 3.41. The summed E-state index contributed by atoms with van der Waals surface area (Å²) in [5, 5.41) is 1.93. The first-order valence-corrected chi connectivity index (χ1v) is 7.91. The first-order valence-electron chi connectivity index (χ1n) is 7.91. The summed E-state index contributed by atoms with van der Waals surface area (Å²) in [4.78, 5) is 0. The lowest BCUT2D eigenvalue weighted by Gasteiger charge is -2.27. The van der Waals surface area contributed by atoms with Gasteiger partial charge in [0.1, 0.15) is 0 Å². The van der Waals surface area contributed by atoms with Crippen LogP contribution >= 0.6 is 0 Å². The lowest BCUT2D eigenvalue weighted by molar-refractivity contribution is 0.265. The summed E-state index contributed by atoms with van der Waals surface area (Å²) in [5.74, 6) is 5.95. The molecule has 0 radical (unpaired) electrons. The van der Waals surface area contributed by atoms with Gasteiger partial charge in [-0.05, 0) is 40.7 Å². The fraction of sp³-hybridized carbons (Fsp3) is 0.200. The quantitative estimate of drug-likeness (QED) is 0.635. The molecule has 0 amide bonds. The minimum atomic E-state index is 0.941. The highest BCUT2D eigenvalue weighted by molar-refractivity contribution is 5.94. The van der Waals surface area contributed by atoms with Crippen molar-refractivity contribution in [2.75, 3.05) is 13.1 Å². The van der Waals surface area contributed by atoms with Crippen molar-refractivity contribution >= 4 is 17.7 Å². The van der Waals surface area contributed by atoms with E-state index in [1.165, 1.54) is 33.4 Å². The van der Waals surface area contributed by atoms with Crippen LogP contribution in [0.1, 0.15) is 35.1 Å². The van der Waals surface area contributed by atoms with Gasteiger partial charge in [-0.1, -0.05) is 66.3 Å². The van der Waals surface area contributed by atoms with E-state index in [4.69, 9.17) is 5.84 Å². The summed E-state index contributed by atoms with van der Waals surface area (Å²) < 4.78 is 0. The van der Waals surface area contributed by atoms with Crippen LogP contribution in [-0.2, 0) is 0 Å². The highest BCUT2D eigenvalue weighted by atomic mass is 15.4. The zero-order valence-corrected chi connectivity index (χ0v) is 12.6. The monoisotopic (exact) mass is 288 g/mol. The van der Waals surface area contributed by atoms with Gasteiger partial charge < -0.3 is 0 Å². The number of hydrazine groups is 1. The molecule has 2 aliphatic rings. The Morgan fingerprint density at radius 2 is 1.23 bits per heavy atom. The minimum Gasteiger partial charge on any atom is -0.269 e. The smallest absolute Gasteiger partial charge is 0.0166 e. The van der Waals surface area contributed by atoms with E-state index in [0.717, 1.165) is 25.9 Å². The van der Waals surface area contributed by atoms with Crippen LogP contribution in [0.15, 0.2) is 54.1 Å². The molecule has 0 bridgehead atoms. The van der Waals surface area contributed by atoms with E-state index in [9.17, 15) is 0 Å². The predicted molar refractivity (Wildman–Crippen MR) is 92.8 cm³/mol.